The van der Waals surface area contributed by atoms with Gasteiger partial charge in [-0.2, -0.15) is 0 Å². The Kier molecular flexibility index (Phi) is 6.43. The second-order valence-electron chi connectivity index (χ2n) is 7.18. The molecule has 138 valence electrons. The quantitative estimate of drug-likeness (QED) is 0.535. The van der Waals surface area contributed by atoms with Crippen LogP contribution < -0.4 is 0 Å². The summed E-state index contributed by atoms with van der Waals surface area (Å²) in [5, 5.41) is 0. The molecule has 0 atom stereocenters. The molecule has 3 aromatic carbocycles. The normalized spacial score (nSPS) is 11.0. The molecule has 2 heteroatoms. The largest absolute Gasteiger partial charge is 0.336 e. The van der Waals surface area contributed by atoms with Gasteiger partial charge in [0.15, 0.2) is 0 Å². The molecule has 0 spiro atoms. The summed E-state index contributed by atoms with van der Waals surface area (Å²) in [6, 6.07) is 31.0. The first-order valence-electron chi connectivity index (χ1n) is 9.58. The smallest absolute Gasteiger partial charge is 0.224 e. The van der Waals surface area contributed by atoms with Crippen LogP contribution in [0.3, 0.4) is 0 Å². The van der Waals surface area contributed by atoms with Crippen LogP contribution in [0.15, 0.2) is 91.0 Å². The SMILES string of the molecule is CC(C)N(Cc1ccccc1)C(=O)CC(c1ccccc1)c1ccccc1. The van der Waals surface area contributed by atoms with Crippen LogP contribution in [0.1, 0.15) is 42.9 Å². The Bertz CT molecular complexity index is 788. The zero-order valence-electron chi connectivity index (χ0n) is 16.1. The van der Waals surface area contributed by atoms with Gasteiger partial charge in [-0.1, -0.05) is 91.0 Å². The van der Waals surface area contributed by atoms with Gasteiger partial charge in [0.2, 0.25) is 5.91 Å². The standard InChI is InChI=1S/C25H27NO/c1-20(2)26(19-21-12-6-3-7-13-21)25(27)18-24(22-14-8-4-9-15-22)23-16-10-5-11-17-23/h3-17,20,24H,18-19H2,1-2H3. The summed E-state index contributed by atoms with van der Waals surface area (Å²) in [5.41, 5.74) is 3.52. The third kappa shape index (κ3) is 5.07. The number of carbonyl (C=O) groups is 1. The molecule has 3 aromatic rings. The molecule has 0 radical (unpaired) electrons. The van der Waals surface area contributed by atoms with Gasteiger partial charge in [-0.3, -0.25) is 4.79 Å². The second kappa shape index (κ2) is 9.18. The molecule has 2 nitrogen and oxygen atoms in total. The second-order valence-corrected chi connectivity index (χ2v) is 7.18. The molecule has 0 saturated heterocycles. The molecular formula is C25H27NO. The molecule has 0 saturated carbocycles. The lowest BCUT2D eigenvalue weighted by molar-refractivity contribution is -0.133. The molecular weight excluding hydrogens is 330 g/mol. The zero-order valence-corrected chi connectivity index (χ0v) is 16.1. The van der Waals surface area contributed by atoms with E-state index in [2.05, 4.69) is 50.2 Å². The van der Waals surface area contributed by atoms with Gasteiger partial charge in [-0.25, -0.2) is 0 Å². The highest BCUT2D eigenvalue weighted by Gasteiger charge is 2.23. The zero-order chi connectivity index (χ0) is 19.1. The molecule has 0 aromatic heterocycles. The van der Waals surface area contributed by atoms with Crippen LogP contribution >= 0.6 is 0 Å². The molecule has 27 heavy (non-hydrogen) atoms. The third-order valence-electron chi connectivity index (χ3n) is 4.92. The fourth-order valence-electron chi connectivity index (χ4n) is 3.43. The van der Waals surface area contributed by atoms with Crippen molar-refractivity contribution in [3.05, 3.63) is 108 Å². The maximum Gasteiger partial charge on any atom is 0.224 e. The number of rotatable bonds is 7. The third-order valence-corrected chi connectivity index (χ3v) is 4.92. The van der Waals surface area contributed by atoms with Crippen molar-refractivity contribution in [1.82, 2.24) is 4.90 Å². The van der Waals surface area contributed by atoms with Crippen LogP contribution in [0.5, 0.6) is 0 Å². The predicted octanol–water partition coefficient (Wildman–Crippen LogP) is 5.65. The van der Waals surface area contributed by atoms with Crippen molar-refractivity contribution in [3.8, 4) is 0 Å². The highest BCUT2D eigenvalue weighted by Crippen LogP contribution is 2.29. The average molecular weight is 357 g/mol. The summed E-state index contributed by atoms with van der Waals surface area (Å²) in [4.78, 5) is 15.3. The van der Waals surface area contributed by atoms with Crippen LogP contribution in [-0.4, -0.2) is 16.8 Å². The van der Waals surface area contributed by atoms with E-state index in [-0.39, 0.29) is 17.9 Å². The van der Waals surface area contributed by atoms with Gasteiger partial charge in [0, 0.05) is 24.9 Å². The van der Waals surface area contributed by atoms with Crippen molar-refractivity contribution in [2.45, 2.75) is 38.8 Å². The maximum atomic E-state index is 13.3. The van der Waals surface area contributed by atoms with E-state index in [9.17, 15) is 4.79 Å². The average Bonchev–Trinajstić information content (AvgIpc) is 2.72. The first-order valence-corrected chi connectivity index (χ1v) is 9.58. The first-order chi connectivity index (χ1) is 13.1. The number of benzene rings is 3. The van der Waals surface area contributed by atoms with Gasteiger partial charge < -0.3 is 4.90 Å². The van der Waals surface area contributed by atoms with Gasteiger partial charge in [-0.05, 0) is 30.5 Å². The van der Waals surface area contributed by atoms with E-state index in [1.165, 1.54) is 11.1 Å². The number of carbonyl (C=O) groups excluding carboxylic acids is 1. The number of amides is 1. The molecule has 0 fully saturated rings. The van der Waals surface area contributed by atoms with Crippen molar-refractivity contribution >= 4 is 5.91 Å². The summed E-state index contributed by atoms with van der Waals surface area (Å²) in [7, 11) is 0. The molecule has 0 unspecified atom stereocenters. The number of nitrogens with zero attached hydrogens (tertiary/aromatic N) is 1. The first kappa shape index (κ1) is 18.9. The fraction of sp³-hybridized carbons (Fsp3) is 0.240. The minimum Gasteiger partial charge on any atom is -0.336 e. The van der Waals surface area contributed by atoms with E-state index >= 15 is 0 Å². The van der Waals surface area contributed by atoms with Gasteiger partial charge in [0.1, 0.15) is 0 Å². The van der Waals surface area contributed by atoms with Crippen molar-refractivity contribution in [3.63, 3.8) is 0 Å². The lowest BCUT2D eigenvalue weighted by Gasteiger charge is -2.29. The van der Waals surface area contributed by atoms with Crippen molar-refractivity contribution in [2.24, 2.45) is 0 Å². The summed E-state index contributed by atoms with van der Waals surface area (Å²) >= 11 is 0. The van der Waals surface area contributed by atoms with Crippen molar-refractivity contribution in [2.75, 3.05) is 0 Å². The monoisotopic (exact) mass is 357 g/mol. The van der Waals surface area contributed by atoms with E-state index < -0.39 is 0 Å². The molecule has 0 N–H and O–H groups in total. The van der Waals surface area contributed by atoms with E-state index in [1.54, 1.807) is 0 Å². The van der Waals surface area contributed by atoms with Crippen LogP contribution in [0.25, 0.3) is 0 Å². The Morgan fingerprint density at radius 2 is 1.19 bits per heavy atom. The number of hydrogen-bond acceptors (Lipinski definition) is 1. The molecule has 0 aliphatic carbocycles. The van der Waals surface area contributed by atoms with E-state index in [0.29, 0.717) is 13.0 Å². The van der Waals surface area contributed by atoms with Gasteiger partial charge in [-0.15, -0.1) is 0 Å². The molecule has 0 aliphatic rings. The Labute approximate surface area is 162 Å². The maximum absolute atomic E-state index is 13.3. The number of hydrogen-bond donors (Lipinski definition) is 0. The van der Waals surface area contributed by atoms with Crippen molar-refractivity contribution < 1.29 is 4.79 Å². The molecule has 3 rings (SSSR count). The predicted molar refractivity (Wildman–Crippen MR) is 111 cm³/mol. The summed E-state index contributed by atoms with van der Waals surface area (Å²) < 4.78 is 0. The molecule has 1 amide bonds. The van der Waals surface area contributed by atoms with Crippen LogP contribution in [0.4, 0.5) is 0 Å². The minimum absolute atomic E-state index is 0.0666. The van der Waals surface area contributed by atoms with Crippen LogP contribution in [0.2, 0.25) is 0 Å². The lowest BCUT2D eigenvalue weighted by atomic mass is 9.88. The highest BCUT2D eigenvalue weighted by molar-refractivity contribution is 5.78. The van der Waals surface area contributed by atoms with Gasteiger partial charge in [0.05, 0.1) is 0 Å². The molecule has 0 bridgehead atoms. The van der Waals surface area contributed by atoms with Crippen LogP contribution in [-0.2, 0) is 11.3 Å². The van der Waals surface area contributed by atoms with E-state index in [0.717, 1.165) is 5.56 Å². The topological polar surface area (TPSA) is 20.3 Å². The molecule has 0 heterocycles. The van der Waals surface area contributed by atoms with Crippen molar-refractivity contribution in [1.29, 1.82) is 0 Å². The van der Waals surface area contributed by atoms with E-state index in [4.69, 9.17) is 0 Å². The summed E-state index contributed by atoms with van der Waals surface area (Å²) in [6.07, 6.45) is 0.471. The Hall–Kier alpha value is -2.87. The lowest BCUT2D eigenvalue weighted by Crippen LogP contribution is -2.37. The Balaban J connectivity index is 1.84. The highest BCUT2D eigenvalue weighted by atomic mass is 16.2. The molecule has 0 aliphatic heterocycles. The van der Waals surface area contributed by atoms with Gasteiger partial charge >= 0.3 is 0 Å². The fourth-order valence-corrected chi connectivity index (χ4v) is 3.43. The van der Waals surface area contributed by atoms with Gasteiger partial charge in [0.25, 0.3) is 0 Å². The van der Waals surface area contributed by atoms with Crippen LogP contribution in [0, 0.1) is 0 Å². The Morgan fingerprint density at radius 1 is 0.741 bits per heavy atom. The minimum atomic E-state index is 0.0666. The summed E-state index contributed by atoms with van der Waals surface area (Å²) in [5.74, 6) is 0.253. The van der Waals surface area contributed by atoms with E-state index in [1.807, 2.05) is 59.5 Å². The Morgan fingerprint density at radius 3 is 1.63 bits per heavy atom. The summed E-state index contributed by atoms with van der Waals surface area (Å²) in [6.45, 7) is 4.81.